The smallest absolute Gasteiger partial charge is 0.227 e. The zero-order chi connectivity index (χ0) is 17.8. The lowest BCUT2D eigenvalue weighted by Gasteiger charge is -2.08. The number of hydrogen-bond donors (Lipinski definition) is 1. The van der Waals surface area contributed by atoms with Gasteiger partial charge in [0.2, 0.25) is 17.6 Å². The second-order valence-corrected chi connectivity index (χ2v) is 6.32. The zero-order valence-corrected chi connectivity index (χ0v) is 14.8. The maximum atomic E-state index is 12.1. The van der Waals surface area contributed by atoms with Crippen LogP contribution in [0.3, 0.4) is 0 Å². The van der Waals surface area contributed by atoms with Crippen LogP contribution in [-0.2, 0) is 11.2 Å². The maximum absolute atomic E-state index is 12.1. The third kappa shape index (κ3) is 4.45. The van der Waals surface area contributed by atoms with Crippen LogP contribution < -0.4 is 5.32 Å². The lowest BCUT2D eigenvalue weighted by Crippen LogP contribution is -2.13. The Labute approximate surface area is 151 Å². The summed E-state index contributed by atoms with van der Waals surface area (Å²) >= 11 is 5.96. The Bertz CT molecular complexity index is 888. The SMILES string of the molecule is Cc1ccc(-c2noc(CCC(=O)Nc3cc(Cl)ccc3C)n2)cc1. The van der Waals surface area contributed by atoms with E-state index in [0.717, 1.165) is 11.1 Å². The predicted molar refractivity (Wildman–Crippen MR) is 97.6 cm³/mol. The summed E-state index contributed by atoms with van der Waals surface area (Å²) in [6.45, 7) is 3.93. The fourth-order valence-corrected chi connectivity index (χ4v) is 2.51. The molecule has 5 nitrogen and oxygen atoms in total. The molecule has 1 heterocycles. The highest BCUT2D eigenvalue weighted by molar-refractivity contribution is 6.31. The first-order chi connectivity index (χ1) is 12.0. The van der Waals surface area contributed by atoms with Gasteiger partial charge in [-0.1, -0.05) is 52.7 Å². The van der Waals surface area contributed by atoms with Gasteiger partial charge in [0.15, 0.2) is 0 Å². The number of benzene rings is 2. The number of amides is 1. The van der Waals surface area contributed by atoms with Crippen LogP contribution in [0.25, 0.3) is 11.4 Å². The molecule has 0 spiro atoms. The van der Waals surface area contributed by atoms with E-state index in [1.54, 1.807) is 12.1 Å². The number of aromatic nitrogens is 2. The normalized spacial score (nSPS) is 10.7. The molecule has 0 bridgehead atoms. The highest BCUT2D eigenvalue weighted by Gasteiger charge is 2.11. The summed E-state index contributed by atoms with van der Waals surface area (Å²) in [4.78, 5) is 16.5. The molecule has 128 valence electrons. The van der Waals surface area contributed by atoms with Gasteiger partial charge in [0.25, 0.3) is 0 Å². The number of hydrogen-bond acceptors (Lipinski definition) is 4. The number of aryl methyl sites for hydroxylation is 3. The number of nitrogens with zero attached hydrogens (tertiary/aromatic N) is 2. The molecule has 0 aliphatic carbocycles. The summed E-state index contributed by atoms with van der Waals surface area (Å²) in [6.07, 6.45) is 0.631. The first kappa shape index (κ1) is 17.2. The molecule has 0 aliphatic heterocycles. The van der Waals surface area contributed by atoms with Crippen molar-refractivity contribution in [2.75, 3.05) is 5.32 Å². The molecule has 1 amide bonds. The summed E-state index contributed by atoms with van der Waals surface area (Å²) < 4.78 is 5.23. The Kier molecular flexibility index (Phi) is 5.14. The van der Waals surface area contributed by atoms with Crippen molar-refractivity contribution in [2.45, 2.75) is 26.7 Å². The predicted octanol–water partition coefficient (Wildman–Crippen LogP) is 4.58. The minimum atomic E-state index is -0.125. The summed E-state index contributed by atoms with van der Waals surface area (Å²) in [7, 11) is 0. The first-order valence-electron chi connectivity index (χ1n) is 7.97. The fourth-order valence-electron chi connectivity index (χ4n) is 2.34. The summed E-state index contributed by atoms with van der Waals surface area (Å²) in [5.74, 6) is 0.843. The van der Waals surface area contributed by atoms with Crippen LogP contribution in [0.1, 0.15) is 23.4 Å². The monoisotopic (exact) mass is 355 g/mol. The molecule has 0 saturated carbocycles. The van der Waals surface area contributed by atoms with Crippen LogP contribution >= 0.6 is 11.6 Å². The van der Waals surface area contributed by atoms with Crippen molar-refractivity contribution < 1.29 is 9.32 Å². The van der Waals surface area contributed by atoms with E-state index in [1.807, 2.05) is 44.2 Å². The quantitative estimate of drug-likeness (QED) is 0.727. The van der Waals surface area contributed by atoms with Gasteiger partial charge in [0.05, 0.1) is 0 Å². The van der Waals surface area contributed by atoms with Gasteiger partial charge in [-0.25, -0.2) is 0 Å². The zero-order valence-electron chi connectivity index (χ0n) is 14.0. The van der Waals surface area contributed by atoms with Gasteiger partial charge in [0.1, 0.15) is 0 Å². The van der Waals surface area contributed by atoms with Gasteiger partial charge in [-0.15, -0.1) is 0 Å². The molecule has 1 aromatic heterocycles. The maximum Gasteiger partial charge on any atom is 0.227 e. The van der Waals surface area contributed by atoms with Crippen LogP contribution in [0.5, 0.6) is 0 Å². The van der Waals surface area contributed by atoms with Crippen molar-refractivity contribution in [1.82, 2.24) is 10.1 Å². The number of carbonyl (C=O) groups excluding carboxylic acids is 1. The van der Waals surface area contributed by atoms with Crippen molar-refractivity contribution in [2.24, 2.45) is 0 Å². The molecule has 0 unspecified atom stereocenters. The van der Waals surface area contributed by atoms with E-state index >= 15 is 0 Å². The molecule has 0 radical (unpaired) electrons. The van der Waals surface area contributed by atoms with E-state index in [2.05, 4.69) is 15.5 Å². The van der Waals surface area contributed by atoms with E-state index in [1.165, 1.54) is 5.56 Å². The second kappa shape index (κ2) is 7.49. The van der Waals surface area contributed by atoms with Gasteiger partial charge in [-0.05, 0) is 31.5 Å². The molecule has 0 atom stereocenters. The molecule has 0 fully saturated rings. The number of nitrogens with one attached hydrogen (secondary N) is 1. The summed E-state index contributed by atoms with van der Waals surface area (Å²) in [5.41, 5.74) is 3.72. The Morgan fingerprint density at radius 2 is 1.92 bits per heavy atom. The molecule has 0 saturated heterocycles. The molecular formula is C19H18ClN3O2. The number of rotatable bonds is 5. The third-order valence-electron chi connectivity index (χ3n) is 3.82. The summed E-state index contributed by atoms with van der Waals surface area (Å²) in [6, 6.07) is 13.3. The lowest BCUT2D eigenvalue weighted by molar-refractivity contribution is -0.116. The molecule has 1 N–H and O–H groups in total. The highest BCUT2D eigenvalue weighted by Crippen LogP contribution is 2.21. The van der Waals surface area contributed by atoms with Gasteiger partial charge in [-0.2, -0.15) is 4.98 Å². The van der Waals surface area contributed by atoms with E-state index in [-0.39, 0.29) is 12.3 Å². The van der Waals surface area contributed by atoms with Crippen molar-refractivity contribution in [1.29, 1.82) is 0 Å². The van der Waals surface area contributed by atoms with Crippen LogP contribution in [0.4, 0.5) is 5.69 Å². The number of carbonyl (C=O) groups is 1. The fraction of sp³-hybridized carbons (Fsp3) is 0.211. The van der Waals surface area contributed by atoms with Crippen molar-refractivity contribution >= 4 is 23.2 Å². The Morgan fingerprint density at radius 1 is 1.16 bits per heavy atom. The van der Waals surface area contributed by atoms with Crippen LogP contribution in [0.2, 0.25) is 5.02 Å². The highest BCUT2D eigenvalue weighted by atomic mass is 35.5. The first-order valence-corrected chi connectivity index (χ1v) is 8.35. The van der Waals surface area contributed by atoms with Crippen molar-refractivity contribution in [3.63, 3.8) is 0 Å². The van der Waals surface area contributed by atoms with Crippen molar-refractivity contribution in [3.05, 3.63) is 64.5 Å². The van der Waals surface area contributed by atoms with Gasteiger partial charge in [0, 0.05) is 29.1 Å². The van der Waals surface area contributed by atoms with Crippen LogP contribution in [-0.4, -0.2) is 16.0 Å². The van der Waals surface area contributed by atoms with Crippen LogP contribution in [0.15, 0.2) is 47.0 Å². The van der Waals surface area contributed by atoms with E-state index in [9.17, 15) is 4.79 Å². The molecular weight excluding hydrogens is 338 g/mol. The van der Waals surface area contributed by atoms with Gasteiger partial charge in [-0.3, -0.25) is 4.79 Å². The van der Waals surface area contributed by atoms with Crippen molar-refractivity contribution in [3.8, 4) is 11.4 Å². The second-order valence-electron chi connectivity index (χ2n) is 5.89. The van der Waals surface area contributed by atoms with E-state index in [4.69, 9.17) is 16.1 Å². The Balaban J connectivity index is 1.59. The third-order valence-corrected chi connectivity index (χ3v) is 4.05. The Hall–Kier alpha value is -2.66. The molecule has 2 aromatic carbocycles. The largest absolute Gasteiger partial charge is 0.339 e. The molecule has 3 aromatic rings. The Morgan fingerprint density at radius 3 is 2.68 bits per heavy atom. The van der Waals surface area contributed by atoms with E-state index < -0.39 is 0 Å². The minimum Gasteiger partial charge on any atom is -0.339 e. The topological polar surface area (TPSA) is 68.0 Å². The lowest BCUT2D eigenvalue weighted by atomic mass is 10.1. The van der Waals surface area contributed by atoms with Crippen LogP contribution in [0, 0.1) is 13.8 Å². The average Bonchev–Trinajstić information content (AvgIpc) is 3.06. The van der Waals surface area contributed by atoms with E-state index in [0.29, 0.717) is 28.8 Å². The average molecular weight is 356 g/mol. The molecule has 0 aliphatic rings. The standard InChI is InChI=1S/C19H18ClN3O2/c1-12-3-6-14(7-4-12)19-22-18(25-23-19)10-9-17(24)21-16-11-15(20)8-5-13(16)2/h3-8,11H,9-10H2,1-2H3,(H,21,24). The molecule has 6 heteroatoms. The minimum absolute atomic E-state index is 0.125. The van der Waals surface area contributed by atoms with Gasteiger partial charge >= 0.3 is 0 Å². The van der Waals surface area contributed by atoms with Gasteiger partial charge < -0.3 is 9.84 Å². The molecule has 3 rings (SSSR count). The number of halogens is 1. The number of anilines is 1. The summed E-state index contributed by atoms with van der Waals surface area (Å²) in [5, 5.41) is 7.41. The molecule has 25 heavy (non-hydrogen) atoms.